The summed E-state index contributed by atoms with van der Waals surface area (Å²) >= 11 is 0. The van der Waals surface area contributed by atoms with Crippen LogP contribution in [0.3, 0.4) is 0 Å². The minimum absolute atomic E-state index is 0.0118. The van der Waals surface area contributed by atoms with Crippen LogP contribution in [0, 0.1) is 0 Å². The average molecular weight is 434 g/mol. The third-order valence-corrected chi connectivity index (χ3v) is 5.86. The maximum absolute atomic E-state index is 13.6. The van der Waals surface area contributed by atoms with Crippen molar-refractivity contribution < 1.29 is 26.7 Å². The first kappa shape index (κ1) is 21.0. The molecule has 2 atom stereocenters. The highest BCUT2D eigenvalue weighted by molar-refractivity contribution is 5.77. The number of aromatic nitrogens is 2. The summed E-state index contributed by atoms with van der Waals surface area (Å²) < 4.78 is 67.3. The van der Waals surface area contributed by atoms with Gasteiger partial charge in [0.15, 0.2) is 0 Å². The van der Waals surface area contributed by atoms with Crippen molar-refractivity contribution in [2.45, 2.75) is 49.9 Å². The number of hydrogen-bond acceptors (Lipinski definition) is 6. The summed E-state index contributed by atoms with van der Waals surface area (Å²) in [6.07, 6.45) is -3.17. The van der Waals surface area contributed by atoms with E-state index in [1.807, 2.05) is 0 Å². The van der Waals surface area contributed by atoms with E-state index in [-0.39, 0.29) is 43.2 Å². The number of carbonyl (C=O) groups is 1. The lowest BCUT2D eigenvalue weighted by Crippen LogP contribution is -2.51. The number of anilines is 2. The fourth-order valence-corrected chi connectivity index (χ4v) is 4.31. The van der Waals surface area contributed by atoms with Crippen LogP contribution >= 0.6 is 0 Å². The molecule has 3 saturated heterocycles. The number of rotatable bonds is 3. The van der Waals surface area contributed by atoms with Gasteiger partial charge in [0.05, 0.1) is 12.6 Å². The van der Waals surface area contributed by atoms with Gasteiger partial charge in [0.2, 0.25) is 11.7 Å². The third-order valence-electron chi connectivity index (χ3n) is 5.86. The van der Waals surface area contributed by atoms with E-state index in [1.165, 1.54) is 6.07 Å². The molecule has 4 rings (SSSR count). The summed E-state index contributed by atoms with van der Waals surface area (Å²) in [6, 6.07) is 0.515. The molecule has 0 spiro atoms. The Balaban J connectivity index is 1.61. The molecular formula is C18H23F5N6O. The Labute approximate surface area is 170 Å². The molecule has 0 aromatic carbocycles. The predicted octanol–water partition coefficient (Wildman–Crippen LogP) is 1.87. The number of likely N-dealkylation sites (tertiary alicyclic amines) is 1. The Kier molecular flexibility index (Phi) is 5.23. The van der Waals surface area contributed by atoms with Crippen molar-refractivity contribution in [1.29, 1.82) is 0 Å². The Morgan fingerprint density at radius 2 is 1.77 bits per heavy atom. The number of nitrogens with zero attached hydrogens (tertiary/aromatic N) is 5. The third kappa shape index (κ3) is 4.14. The molecule has 0 radical (unpaired) electrons. The van der Waals surface area contributed by atoms with Crippen LogP contribution in [0.4, 0.5) is 33.6 Å². The van der Waals surface area contributed by atoms with Crippen molar-refractivity contribution in [3.63, 3.8) is 0 Å². The monoisotopic (exact) mass is 434 g/mol. The fourth-order valence-electron chi connectivity index (χ4n) is 4.31. The van der Waals surface area contributed by atoms with Gasteiger partial charge in [-0.15, -0.1) is 0 Å². The van der Waals surface area contributed by atoms with E-state index >= 15 is 0 Å². The van der Waals surface area contributed by atoms with Gasteiger partial charge in [-0.05, 0) is 12.8 Å². The van der Waals surface area contributed by atoms with Crippen LogP contribution in [-0.4, -0.2) is 71.5 Å². The first-order chi connectivity index (χ1) is 14.0. The van der Waals surface area contributed by atoms with Crippen LogP contribution in [0.5, 0.6) is 0 Å². The van der Waals surface area contributed by atoms with Crippen molar-refractivity contribution in [2.75, 3.05) is 42.5 Å². The first-order valence-electron chi connectivity index (χ1n) is 9.92. The van der Waals surface area contributed by atoms with Crippen molar-refractivity contribution in [1.82, 2.24) is 14.9 Å². The largest absolute Gasteiger partial charge is 0.451 e. The number of carbonyl (C=O) groups excluding carboxylic acids is 1. The molecule has 3 fully saturated rings. The Morgan fingerprint density at radius 1 is 1.07 bits per heavy atom. The second-order valence-corrected chi connectivity index (χ2v) is 8.11. The maximum atomic E-state index is 13.6. The topological polar surface area (TPSA) is 78.6 Å². The van der Waals surface area contributed by atoms with Crippen LogP contribution in [0.2, 0.25) is 0 Å². The smallest absolute Gasteiger partial charge is 0.353 e. The molecule has 1 aromatic heterocycles. The molecule has 2 N–H and O–H groups in total. The van der Waals surface area contributed by atoms with Gasteiger partial charge in [0.1, 0.15) is 11.6 Å². The van der Waals surface area contributed by atoms with Crippen molar-refractivity contribution >= 4 is 17.5 Å². The molecule has 12 heteroatoms. The van der Waals surface area contributed by atoms with E-state index in [9.17, 15) is 26.7 Å². The van der Waals surface area contributed by atoms with Gasteiger partial charge in [0, 0.05) is 51.1 Å². The minimum Gasteiger partial charge on any atom is -0.353 e. The van der Waals surface area contributed by atoms with Crippen molar-refractivity contribution in [3.8, 4) is 0 Å². The summed E-state index contributed by atoms with van der Waals surface area (Å²) in [5.74, 6) is -4.57. The van der Waals surface area contributed by atoms with Gasteiger partial charge in [-0.25, -0.2) is 18.7 Å². The summed E-state index contributed by atoms with van der Waals surface area (Å²) in [5.41, 5.74) is 6.21. The van der Waals surface area contributed by atoms with Crippen LogP contribution in [0.25, 0.3) is 0 Å². The molecule has 30 heavy (non-hydrogen) atoms. The van der Waals surface area contributed by atoms with Crippen molar-refractivity contribution in [3.05, 3.63) is 11.9 Å². The van der Waals surface area contributed by atoms with Gasteiger partial charge >= 0.3 is 6.18 Å². The second-order valence-electron chi connectivity index (χ2n) is 8.11. The predicted molar refractivity (Wildman–Crippen MR) is 98.4 cm³/mol. The number of nitrogens with two attached hydrogens (primary N) is 1. The second kappa shape index (κ2) is 7.47. The zero-order chi connectivity index (χ0) is 21.7. The molecule has 0 unspecified atom stereocenters. The SMILES string of the molecule is N[C@@H]1CN(c2cc(N3CCC(F)(F)C3)nc(C(F)(F)F)n2)C[C@@H]1N1CCCCC1=O. The van der Waals surface area contributed by atoms with E-state index in [1.54, 1.807) is 9.80 Å². The van der Waals surface area contributed by atoms with Crippen LogP contribution in [0.15, 0.2) is 6.07 Å². The van der Waals surface area contributed by atoms with Crippen molar-refractivity contribution in [2.24, 2.45) is 5.73 Å². The fraction of sp³-hybridized carbons (Fsp3) is 0.722. The summed E-state index contributed by atoms with van der Waals surface area (Å²) in [5, 5.41) is 0. The van der Waals surface area contributed by atoms with E-state index in [0.717, 1.165) is 17.7 Å². The van der Waals surface area contributed by atoms with Gasteiger partial charge < -0.3 is 20.4 Å². The van der Waals surface area contributed by atoms with Gasteiger partial charge in [0.25, 0.3) is 5.92 Å². The molecule has 3 aliphatic rings. The Hall–Kier alpha value is -2.24. The highest BCUT2D eigenvalue weighted by Crippen LogP contribution is 2.35. The lowest BCUT2D eigenvalue weighted by Gasteiger charge is -2.34. The van der Waals surface area contributed by atoms with Gasteiger partial charge in [-0.2, -0.15) is 13.2 Å². The van der Waals surface area contributed by atoms with E-state index < -0.39 is 36.9 Å². The van der Waals surface area contributed by atoms with Gasteiger partial charge in [-0.1, -0.05) is 0 Å². The molecule has 4 heterocycles. The van der Waals surface area contributed by atoms with Crippen LogP contribution in [0.1, 0.15) is 31.5 Å². The average Bonchev–Trinajstić information content (AvgIpc) is 3.23. The standard InChI is InChI=1S/C18H23F5N6O/c19-17(20)4-6-27(10-17)13-7-14(26-16(25-13)18(21,22)23)28-8-11(24)12(9-28)29-5-2-1-3-15(29)30/h7,11-12H,1-6,8-10,24H2/t11-,12+/m1/s1. The maximum Gasteiger partial charge on any atom is 0.451 e. The normalized spacial score (nSPS) is 27.3. The first-order valence-corrected chi connectivity index (χ1v) is 9.92. The van der Waals surface area contributed by atoms with Crippen LogP contribution in [-0.2, 0) is 11.0 Å². The number of alkyl halides is 5. The molecule has 0 saturated carbocycles. The number of hydrogen-bond donors (Lipinski definition) is 1. The lowest BCUT2D eigenvalue weighted by atomic mass is 10.1. The number of piperidine rings is 1. The van der Waals surface area contributed by atoms with E-state index in [4.69, 9.17) is 5.73 Å². The quantitative estimate of drug-likeness (QED) is 0.732. The Bertz CT molecular complexity index is 819. The summed E-state index contributed by atoms with van der Waals surface area (Å²) in [4.78, 5) is 23.8. The molecule has 1 aromatic rings. The molecule has 7 nitrogen and oxygen atoms in total. The number of halogens is 5. The lowest BCUT2D eigenvalue weighted by molar-refractivity contribution is -0.144. The Morgan fingerprint density at radius 3 is 2.37 bits per heavy atom. The summed E-state index contributed by atoms with van der Waals surface area (Å²) in [7, 11) is 0. The number of amides is 1. The zero-order valence-electron chi connectivity index (χ0n) is 16.2. The molecule has 0 bridgehead atoms. The zero-order valence-corrected chi connectivity index (χ0v) is 16.2. The molecule has 0 aliphatic carbocycles. The summed E-state index contributed by atoms with van der Waals surface area (Å²) in [6.45, 7) is 0.224. The molecule has 166 valence electrons. The van der Waals surface area contributed by atoms with E-state index in [0.29, 0.717) is 13.0 Å². The highest BCUT2D eigenvalue weighted by Gasteiger charge is 2.43. The molecule has 1 amide bonds. The molecule has 3 aliphatic heterocycles. The van der Waals surface area contributed by atoms with Gasteiger partial charge in [-0.3, -0.25) is 4.79 Å². The van der Waals surface area contributed by atoms with Crippen LogP contribution < -0.4 is 15.5 Å². The van der Waals surface area contributed by atoms with E-state index in [2.05, 4.69) is 9.97 Å². The highest BCUT2D eigenvalue weighted by atomic mass is 19.4. The minimum atomic E-state index is -4.82. The molecular weight excluding hydrogens is 411 g/mol.